The van der Waals surface area contributed by atoms with Gasteiger partial charge >= 0.3 is 11.9 Å². The van der Waals surface area contributed by atoms with Crippen molar-refractivity contribution in [3.05, 3.63) is 83.9 Å². The molecule has 0 aliphatic carbocycles. The second-order valence-corrected chi connectivity index (χ2v) is 5.67. The molecule has 0 spiro atoms. The van der Waals surface area contributed by atoms with Crippen molar-refractivity contribution < 1.29 is 19.1 Å². The van der Waals surface area contributed by atoms with Gasteiger partial charge in [0.2, 0.25) is 0 Å². The minimum Gasteiger partial charge on any atom is -0.465 e. The molecule has 0 bridgehead atoms. The maximum absolute atomic E-state index is 12.4. The van der Waals surface area contributed by atoms with Crippen molar-refractivity contribution in [1.29, 1.82) is 0 Å². The van der Waals surface area contributed by atoms with Crippen LogP contribution in [0.25, 0.3) is 0 Å². The molecule has 0 saturated heterocycles. The maximum Gasteiger partial charge on any atom is 0.317 e. The van der Waals surface area contributed by atoms with Crippen LogP contribution in [0.5, 0.6) is 0 Å². The summed E-state index contributed by atoms with van der Waals surface area (Å²) in [7, 11) is 0. The van der Waals surface area contributed by atoms with E-state index in [-0.39, 0.29) is 11.9 Å². The van der Waals surface area contributed by atoms with Crippen molar-refractivity contribution in [1.82, 2.24) is 0 Å². The summed E-state index contributed by atoms with van der Waals surface area (Å²) in [5.74, 6) is -1.83. The molecule has 2 aromatic rings. The largest absolute Gasteiger partial charge is 0.465 e. The van der Waals surface area contributed by atoms with Crippen LogP contribution in [-0.2, 0) is 19.1 Å². The predicted molar refractivity (Wildman–Crippen MR) is 101 cm³/mol. The van der Waals surface area contributed by atoms with Crippen LogP contribution in [0.2, 0.25) is 0 Å². The van der Waals surface area contributed by atoms with Gasteiger partial charge in [0, 0.05) is 0 Å². The van der Waals surface area contributed by atoms with Gasteiger partial charge in [-0.25, -0.2) is 0 Å². The van der Waals surface area contributed by atoms with Crippen molar-refractivity contribution in [2.75, 3.05) is 13.2 Å². The van der Waals surface area contributed by atoms with Gasteiger partial charge in [0.15, 0.2) is 0 Å². The molecule has 0 aromatic heterocycles. The van der Waals surface area contributed by atoms with Gasteiger partial charge < -0.3 is 9.47 Å². The minimum atomic E-state index is -0.572. The molecule has 2 atom stereocenters. The standard InChI is InChI=1S/C22H24O4/c1-3-25-21(23)19(17-11-7-5-8-12-17)15-16-20(22(24)26-4-2)18-13-9-6-10-14-18/h5-16,19-20H,3-4H2,1-2H3. The molecule has 136 valence electrons. The Kier molecular flexibility index (Phi) is 7.62. The van der Waals surface area contributed by atoms with Gasteiger partial charge in [-0.1, -0.05) is 72.8 Å². The van der Waals surface area contributed by atoms with E-state index in [1.165, 1.54) is 0 Å². The summed E-state index contributed by atoms with van der Waals surface area (Å²) < 4.78 is 10.4. The molecule has 4 heteroatoms. The number of ether oxygens (including phenoxy) is 2. The molecule has 0 saturated carbocycles. The fraction of sp³-hybridized carbons (Fsp3) is 0.273. The highest BCUT2D eigenvalue weighted by Gasteiger charge is 2.23. The van der Waals surface area contributed by atoms with Crippen LogP contribution < -0.4 is 0 Å². The molecule has 4 nitrogen and oxygen atoms in total. The zero-order valence-electron chi connectivity index (χ0n) is 15.1. The quantitative estimate of drug-likeness (QED) is 0.527. The average Bonchev–Trinajstić information content (AvgIpc) is 2.67. The van der Waals surface area contributed by atoms with E-state index in [1.807, 2.05) is 60.7 Å². The van der Waals surface area contributed by atoms with Crippen LogP contribution in [0.4, 0.5) is 0 Å². The second-order valence-electron chi connectivity index (χ2n) is 5.67. The molecule has 0 radical (unpaired) electrons. The lowest BCUT2D eigenvalue weighted by Gasteiger charge is -2.15. The smallest absolute Gasteiger partial charge is 0.317 e. The zero-order chi connectivity index (χ0) is 18.8. The lowest BCUT2D eigenvalue weighted by atomic mass is 9.93. The third kappa shape index (κ3) is 5.31. The number of rotatable bonds is 8. The third-order valence-electron chi connectivity index (χ3n) is 3.89. The van der Waals surface area contributed by atoms with Gasteiger partial charge in [-0.15, -0.1) is 0 Å². The highest BCUT2D eigenvalue weighted by molar-refractivity contribution is 5.83. The van der Waals surface area contributed by atoms with Gasteiger partial charge in [0.05, 0.1) is 25.0 Å². The number of esters is 2. The van der Waals surface area contributed by atoms with Gasteiger partial charge in [-0.05, 0) is 25.0 Å². The van der Waals surface area contributed by atoms with Gasteiger partial charge in [-0.3, -0.25) is 9.59 Å². The molecule has 26 heavy (non-hydrogen) atoms. The van der Waals surface area contributed by atoms with Gasteiger partial charge in [0.25, 0.3) is 0 Å². The number of hydrogen-bond donors (Lipinski definition) is 0. The van der Waals surface area contributed by atoms with Crippen LogP contribution >= 0.6 is 0 Å². The van der Waals surface area contributed by atoms with E-state index in [4.69, 9.17) is 9.47 Å². The second kappa shape index (κ2) is 10.2. The van der Waals surface area contributed by atoms with Crippen molar-refractivity contribution in [2.45, 2.75) is 25.7 Å². The monoisotopic (exact) mass is 352 g/mol. The lowest BCUT2D eigenvalue weighted by molar-refractivity contribution is -0.145. The summed E-state index contributed by atoms with van der Waals surface area (Å²) in [5, 5.41) is 0. The fourth-order valence-electron chi connectivity index (χ4n) is 2.66. The molecular weight excluding hydrogens is 328 g/mol. The Balaban J connectivity index is 2.34. The van der Waals surface area contributed by atoms with Crippen LogP contribution in [0.15, 0.2) is 72.8 Å². The first-order chi connectivity index (χ1) is 12.7. The molecule has 0 amide bonds. The summed E-state index contributed by atoms with van der Waals surface area (Å²) in [6.45, 7) is 4.15. The maximum atomic E-state index is 12.4. The zero-order valence-corrected chi connectivity index (χ0v) is 15.1. The van der Waals surface area contributed by atoms with Gasteiger partial charge in [-0.2, -0.15) is 0 Å². The van der Waals surface area contributed by atoms with Crippen molar-refractivity contribution in [2.24, 2.45) is 0 Å². The van der Waals surface area contributed by atoms with E-state index in [9.17, 15) is 9.59 Å². The fourth-order valence-corrected chi connectivity index (χ4v) is 2.66. The summed E-state index contributed by atoms with van der Waals surface area (Å²) in [4.78, 5) is 24.8. The molecule has 0 N–H and O–H groups in total. The summed E-state index contributed by atoms with van der Waals surface area (Å²) in [6, 6.07) is 18.7. The van der Waals surface area contributed by atoms with E-state index in [2.05, 4.69) is 0 Å². The Bertz CT molecular complexity index is 659. The lowest BCUT2D eigenvalue weighted by Crippen LogP contribution is -2.17. The van der Waals surface area contributed by atoms with Crippen LogP contribution in [-0.4, -0.2) is 25.2 Å². The van der Waals surface area contributed by atoms with Crippen molar-refractivity contribution in [3.8, 4) is 0 Å². The van der Waals surface area contributed by atoms with Crippen LogP contribution in [0.1, 0.15) is 36.8 Å². The first-order valence-electron chi connectivity index (χ1n) is 8.78. The van der Waals surface area contributed by atoms with E-state index in [1.54, 1.807) is 26.0 Å². The summed E-state index contributed by atoms with van der Waals surface area (Å²) in [6.07, 6.45) is 3.45. The van der Waals surface area contributed by atoms with E-state index in [0.717, 1.165) is 11.1 Å². The van der Waals surface area contributed by atoms with Gasteiger partial charge in [0.1, 0.15) is 0 Å². The molecule has 0 aliphatic rings. The van der Waals surface area contributed by atoms with E-state index >= 15 is 0 Å². The Hall–Kier alpha value is -2.88. The molecule has 2 unspecified atom stereocenters. The number of carbonyl (C=O) groups excluding carboxylic acids is 2. The normalized spacial score (nSPS) is 13.2. The number of benzene rings is 2. The predicted octanol–water partition coefficient (Wildman–Crippen LogP) is 4.24. The molecule has 2 aromatic carbocycles. The van der Waals surface area contributed by atoms with Crippen molar-refractivity contribution >= 4 is 11.9 Å². The summed E-state index contributed by atoms with van der Waals surface area (Å²) >= 11 is 0. The molecule has 2 rings (SSSR count). The number of hydrogen-bond acceptors (Lipinski definition) is 4. The highest BCUT2D eigenvalue weighted by Crippen LogP contribution is 2.24. The summed E-state index contributed by atoms with van der Waals surface area (Å²) in [5.41, 5.74) is 1.63. The Morgan fingerprint density at radius 1 is 0.731 bits per heavy atom. The minimum absolute atomic E-state index is 0.302. The highest BCUT2D eigenvalue weighted by atomic mass is 16.5. The molecule has 0 heterocycles. The first kappa shape index (κ1) is 19.4. The first-order valence-corrected chi connectivity index (χ1v) is 8.78. The average molecular weight is 352 g/mol. The third-order valence-corrected chi connectivity index (χ3v) is 3.89. The Labute approximate surface area is 154 Å². The Morgan fingerprint density at radius 3 is 1.38 bits per heavy atom. The van der Waals surface area contributed by atoms with E-state index in [0.29, 0.717) is 13.2 Å². The topological polar surface area (TPSA) is 52.6 Å². The Morgan fingerprint density at radius 2 is 1.08 bits per heavy atom. The molecule has 0 aliphatic heterocycles. The van der Waals surface area contributed by atoms with Crippen molar-refractivity contribution in [3.63, 3.8) is 0 Å². The molecular formula is C22H24O4. The van der Waals surface area contributed by atoms with Crippen LogP contribution in [0.3, 0.4) is 0 Å². The van der Waals surface area contributed by atoms with Crippen LogP contribution in [0, 0.1) is 0 Å². The van der Waals surface area contributed by atoms with E-state index < -0.39 is 11.8 Å². The number of carbonyl (C=O) groups is 2. The molecule has 0 fully saturated rings. The SMILES string of the molecule is CCOC(=O)C(C=CC(C(=O)OCC)c1ccccc1)c1ccccc1.